The molecular formula is C23H12Cl5N3O3. The van der Waals surface area contributed by atoms with Crippen LogP contribution < -0.4 is 15.5 Å². The highest BCUT2D eigenvalue weighted by atomic mass is 35.5. The fraction of sp³-hybridized carbons (Fsp3) is 0. The highest BCUT2D eigenvalue weighted by Crippen LogP contribution is 2.38. The first kappa shape index (κ1) is 24.4. The second-order valence-corrected chi connectivity index (χ2v) is 9.06. The summed E-state index contributed by atoms with van der Waals surface area (Å²) in [5, 5.41) is 6.08. The van der Waals surface area contributed by atoms with Crippen molar-refractivity contribution < 1.29 is 14.4 Å². The number of hydrogen-bond acceptors (Lipinski definition) is 4. The van der Waals surface area contributed by atoms with Crippen LogP contribution in [0.15, 0.2) is 71.4 Å². The molecule has 172 valence electrons. The van der Waals surface area contributed by atoms with Crippen molar-refractivity contribution in [2.75, 3.05) is 15.5 Å². The maximum atomic E-state index is 13.0. The summed E-state index contributed by atoms with van der Waals surface area (Å²) < 4.78 is 0. The van der Waals surface area contributed by atoms with E-state index >= 15 is 0 Å². The molecule has 34 heavy (non-hydrogen) atoms. The van der Waals surface area contributed by atoms with Crippen LogP contribution in [0.25, 0.3) is 0 Å². The average Bonchev–Trinajstić information content (AvgIpc) is 3.01. The standard InChI is InChI=1S/C23H12Cl5N3O3/c24-12-4-6-13(7-5-12)30-21(32)11-2-1-3-14(8-11)29-20-19(28)22(33)31(23(20)34)18-10-16(26)15(25)9-17(18)27/h1-10,29H,(H,30,32). The van der Waals surface area contributed by atoms with Crippen molar-refractivity contribution in [2.45, 2.75) is 0 Å². The Bertz CT molecular complexity index is 1370. The van der Waals surface area contributed by atoms with Crippen LogP contribution in [-0.4, -0.2) is 17.7 Å². The molecule has 0 saturated heterocycles. The van der Waals surface area contributed by atoms with Crippen LogP contribution >= 0.6 is 58.0 Å². The minimum absolute atomic E-state index is 0.0390. The smallest absolute Gasteiger partial charge is 0.283 e. The fourth-order valence-electron chi connectivity index (χ4n) is 3.13. The van der Waals surface area contributed by atoms with Crippen LogP contribution in [0.2, 0.25) is 20.1 Å². The number of nitrogens with zero attached hydrogens (tertiary/aromatic N) is 1. The van der Waals surface area contributed by atoms with Crippen molar-refractivity contribution in [3.05, 3.63) is 97.0 Å². The maximum absolute atomic E-state index is 13.0. The third kappa shape index (κ3) is 4.87. The third-order valence-electron chi connectivity index (χ3n) is 4.75. The van der Waals surface area contributed by atoms with Gasteiger partial charge < -0.3 is 10.6 Å². The Morgan fingerprint density at radius 1 is 0.735 bits per heavy atom. The van der Waals surface area contributed by atoms with Gasteiger partial charge in [0.25, 0.3) is 17.7 Å². The van der Waals surface area contributed by atoms with Gasteiger partial charge >= 0.3 is 0 Å². The van der Waals surface area contributed by atoms with Gasteiger partial charge in [-0.25, -0.2) is 4.90 Å². The maximum Gasteiger partial charge on any atom is 0.283 e. The van der Waals surface area contributed by atoms with Gasteiger partial charge in [0.2, 0.25) is 0 Å². The number of imide groups is 1. The molecule has 1 heterocycles. The van der Waals surface area contributed by atoms with Crippen LogP contribution in [-0.2, 0) is 9.59 Å². The Morgan fingerprint density at radius 3 is 2.12 bits per heavy atom. The molecule has 2 N–H and O–H groups in total. The van der Waals surface area contributed by atoms with Crippen LogP contribution in [0.1, 0.15) is 10.4 Å². The summed E-state index contributed by atoms with van der Waals surface area (Å²) in [5.41, 5.74) is 1.09. The molecule has 1 aliphatic rings. The molecule has 1 aliphatic heterocycles. The Labute approximate surface area is 219 Å². The lowest BCUT2D eigenvalue weighted by Gasteiger charge is -2.17. The molecule has 0 saturated carbocycles. The molecule has 4 rings (SSSR count). The molecule has 0 aliphatic carbocycles. The van der Waals surface area contributed by atoms with Crippen molar-refractivity contribution in [3.8, 4) is 0 Å². The number of anilines is 3. The number of amides is 3. The quantitative estimate of drug-likeness (QED) is 0.263. The highest BCUT2D eigenvalue weighted by Gasteiger charge is 2.40. The zero-order valence-electron chi connectivity index (χ0n) is 16.8. The molecule has 6 nitrogen and oxygen atoms in total. The van der Waals surface area contributed by atoms with Crippen molar-refractivity contribution in [2.24, 2.45) is 0 Å². The minimum Gasteiger partial charge on any atom is -0.350 e. The van der Waals surface area contributed by atoms with E-state index in [0.717, 1.165) is 4.90 Å². The summed E-state index contributed by atoms with van der Waals surface area (Å²) in [6, 6.07) is 15.6. The number of halogens is 5. The molecule has 11 heteroatoms. The minimum atomic E-state index is -0.786. The van der Waals surface area contributed by atoms with E-state index in [1.165, 1.54) is 18.2 Å². The first-order chi connectivity index (χ1) is 16.2. The molecule has 0 fully saturated rings. The lowest BCUT2D eigenvalue weighted by atomic mass is 10.1. The topological polar surface area (TPSA) is 78.5 Å². The third-order valence-corrected chi connectivity index (χ3v) is 6.38. The molecule has 0 bridgehead atoms. The average molecular weight is 556 g/mol. The number of hydrogen-bond donors (Lipinski definition) is 2. The van der Waals surface area contributed by atoms with Gasteiger partial charge in [0, 0.05) is 22.0 Å². The fourth-order valence-corrected chi connectivity index (χ4v) is 4.10. The Kier molecular flexibility index (Phi) is 7.07. The molecule has 0 spiro atoms. The van der Waals surface area contributed by atoms with E-state index in [0.29, 0.717) is 22.0 Å². The number of carbonyl (C=O) groups is 3. The number of benzene rings is 3. The summed E-state index contributed by atoms with van der Waals surface area (Å²) in [6.45, 7) is 0. The summed E-state index contributed by atoms with van der Waals surface area (Å²) >= 11 is 30.2. The first-order valence-corrected chi connectivity index (χ1v) is 11.4. The van der Waals surface area contributed by atoms with E-state index in [4.69, 9.17) is 58.0 Å². The molecular weight excluding hydrogens is 544 g/mol. The van der Waals surface area contributed by atoms with Crippen LogP contribution in [0.3, 0.4) is 0 Å². The van der Waals surface area contributed by atoms with Crippen molar-refractivity contribution in [1.82, 2.24) is 0 Å². The SMILES string of the molecule is O=C(Nc1ccc(Cl)cc1)c1cccc(NC2=C(Cl)C(=O)N(c3cc(Cl)c(Cl)cc3Cl)C2=O)c1. The molecule has 3 amide bonds. The molecule has 3 aromatic rings. The van der Waals surface area contributed by atoms with Gasteiger partial charge in [-0.2, -0.15) is 0 Å². The lowest BCUT2D eigenvalue weighted by Crippen LogP contribution is -2.32. The molecule has 0 aromatic heterocycles. The van der Waals surface area contributed by atoms with Crippen molar-refractivity contribution >= 4 is 92.8 Å². The summed E-state index contributed by atoms with van der Waals surface area (Å²) in [7, 11) is 0. The number of rotatable bonds is 5. The first-order valence-electron chi connectivity index (χ1n) is 9.53. The van der Waals surface area contributed by atoms with E-state index in [9.17, 15) is 14.4 Å². The van der Waals surface area contributed by atoms with Gasteiger partial charge in [-0.3, -0.25) is 14.4 Å². The van der Waals surface area contributed by atoms with E-state index < -0.39 is 11.8 Å². The Morgan fingerprint density at radius 2 is 1.41 bits per heavy atom. The Hall–Kier alpha value is -2.74. The van der Waals surface area contributed by atoms with E-state index in [1.54, 1.807) is 42.5 Å². The molecule has 0 unspecified atom stereocenters. The second-order valence-electron chi connectivity index (χ2n) is 7.02. The summed E-state index contributed by atoms with van der Waals surface area (Å²) in [6.07, 6.45) is 0. The van der Waals surface area contributed by atoms with Gasteiger partial charge in [0.1, 0.15) is 10.7 Å². The summed E-state index contributed by atoms with van der Waals surface area (Å²) in [5.74, 6) is -1.92. The number of nitrogens with one attached hydrogen (secondary N) is 2. The molecule has 3 aromatic carbocycles. The lowest BCUT2D eigenvalue weighted by molar-refractivity contribution is -0.120. The predicted molar refractivity (Wildman–Crippen MR) is 136 cm³/mol. The van der Waals surface area contributed by atoms with E-state index in [2.05, 4.69) is 10.6 Å². The molecule has 0 atom stereocenters. The Balaban J connectivity index is 1.56. The van der Waals surface area contributed by atoms with Crippen LogP contribution in [0.5, 0.6) is 0 Å². The van der Waals surface area contributed by atoms with Gasteiger partial charge in [0.05, 0.1) is 20.8 Å². The van der Waals surface area contributed by atoms with Gasteiger partial charge in [-0.1, -0.05) is 64.1 Å². The summed E-state index contributed by atoms with van der Waals surface area (Å²) in [4.78, 5) is 39.2. The second kappa shape index (κ2) is 9.86. The highest BCUT2D eigenvalue weighted by molar-refractivity contribution is 6.54. The number of carbonyl (C=O) groups excluding carboxylic acids is 3. The zero-order valence-corrected chi connectivity index (χ0v) is 20.6. The van der Waals surface area contributed by atoms with Gasteiger partial charge in [-0.15, -0.1) is 0 Å². The van der Waals surface area contributed by atoms with E-state index in [-0.39, 0.29) is 37.4 Å². The zero-order chi connectivity index (χ0) is 24.6. The normalized spacial score (nSPS) is 13.5. The van der Waals surface area contributed by atoms with Crippen molar-refractivity contribution in [1.29, 1.82) is 0 Å². The predicted octanol–water partition coefficient (Wildman–Crippen LogP) is 6.99. The van der Waals surface area contributed by atoms with Gasteiger partial charge in [-0.05, 0) is 54.6 Å². The van der Waals surface area contributed by atoms with Crippen molar-refractivity contribution in [3.63, 3.8) is 0 Å². The monoisotopic (exact) mass is 553 g/mol. The molecule has 0 radical (unpaired) electrons. The van der Waals surface area contributed by atoms with Crippen LogP contribution in [0, 0.1) is 0 Å². The van der Waals surface area contributed by atoms with Gasteiger partial charge in [0.15, 0.2) is 0 Å². The van der Waals surface area contributed by atoms with Crippen LogP contribution in [0.4, 0.5) is 17.1 Å². The largest absolute Gasteiger partial charge is 0.350 e. The van der Waals surface area contributed by atoms with E-state index in [1.807, 2.05) is 0 Å².